The minimum Gasteiger partial charge on any atom is -0.147 e. The zero-order valence-electron chi connectivity index (χ0n) is 6.19. The second-order valence-corrected chi connectivity index (χ2v) is 3.75. The number of rotatable bonds is 1. The third kappa shape index (κ3) is 1.36. The van der Waals surface area contributed by atoms with Crippen LogP contribution in [-0.2, 0) is 0 Å². The van der Waals surface area contributed by atoms with Crippen LogP contribution in [-0.4, -0.2) is 7.28 Å². The van der Waals surface area contributed by atoms with Gasteiger partial charge in [-0.3, -0.25) is 0 Å². The lowest BCUT2D eigenvalue weighted by atomic mass is 9.73. The molecule has 0 saturated heterocycles. The Kier molecular flexibility index (Phi) is 1.96. The minimum atomic E-state index is 1.18. The van der Waals surface area contributed by atoms with Crippen molar-refractivity contribution in [3.63, 3.8) is 0 Å². The van der Waals surface area contributed by atoms with E-state index in [1.54, 1.807) is 0 Å². The van der Waals surface area contributed by atoms with Crippen molar-refractivity contribution in [3.05, 3.63) is 15.8 Å². The van der Waals surface area contributed by atoms with Gasteiger partial charge in [-0.2, -0.15) is 0 Å². The number of thiophene rings is 1. The number of hydrogen-bond donors (Lipinski definition) is 0. The van der Waals surface area contributed by atoms with E-state index in [1.807, 2.05) is 11.3 Å². The molecule has 1 heterocycles. The lowest BCUT2D eigenvalue weighted by molar-refractivity contribution is 1.65. The van der Waals surface area contributed by atoms with Gasteiger partial charge < -0.3 is 0 Å². The van der Waals surface area contributed by atoms with E-state index >= 15 is 0 Å². The van der Waals surface area contributed by atoms with E-state index in [2.05, 4.69) is 26.7 Å². The van der Waals surface area contributed by atoms with Crippen molar-refractivity contribution in [2.75, 3.05) is 0 Å². The standard InChI is InChI=1S/C7H11BS/c1-5-4-7(8-3)6(2)9-5/h4,8H,1-3H3. The molecular weight excluding hydrogens is 127 g/mol. The Bertz CT molecular complexity index is 203. The molecule has 0 spiro atoms. The van der Waals surface area contributed by atoms with Crippen molar-refractivity contribution in [3.8, 4) is 0 Å². The molecule has 9 heavy (non-hydrogen) atoms. The molecule has 0 atom stereocenters. The van der Waals surface area contributed by atoms with Crippen LogP contribution in [0.1, 0.15) is 9.75 Å². The molecule has 0 fully saturated rings. The second kappa shape index (κ2) is 2.57. The first-order valence-corrected chi connectivity index (χ1v) is 4.11. The zero-order valence-corrected chi connectivity index (χ0v) is 7.01. The van der Waals surface area contributed by atoms with Crippen LogP contribution in [0.5, 0.6) is 0 Å². The Labute approximate surface area is 61.2 Å². The van der Waals surface area contributed by atoms with Crippen LogP contribution < -0.4 is 5.46 Å². The summed E-state index contributed by atoms with van der Waals surface area (Å²) in [5, 5.41) is 0. The van der Waals surface area contributed by atoms with E-state index in [1.165, 1.54) is 22.5 Å². The lowest BCUT2D eigenvalue weighted by Gasteiger charge is -1.86. The van der Waals surface area contributed by atoms with Crippen LogP contribution in [0.25, 0.3) is 0 Å². The molecule has 0 saturated carbocycles. The molecule has 0 unspecified atom stereocenters. The molecule has 0 aliphatic carbocycles. The van der Waals surface area contributed by atoms with Gasteiger partial charge in [0.15, 0.2) is 7.28 Å². The van der Waals surface area contributed by atoms with Crippen molar-refractivity contribution in [2.24, 2.45) is 0 Å². The van der Waals surface area contributed by atoms with E-state index in [9.17, 15) is 0 Å². The topological polar surface area (TPSA) is 0 Å². The summed E-state index contributed by atoms with van der Waals surface area (Å²) in [4.78, 5) is 2.92. The van der Waals surface area contributed by atoms with Gasteiger partial charge in [0.05, 0.1) is 0 Å². The maximum Gasteiger partial charge on any atom is 0.156 e. The average Bonchev–Trinajstić information content (AvgIpc) is 2.10. The molecule has 0 aromatic carbocycles. The molecule has 2 heteroatoms. The van der Waals surface area contributed by atoms with Crippen molar-refractivity contribution in [1.82, 2.24) is 0 Å². The summed E-state index contributed by atoms with van der Waals surface area (Å²) in [5.41, 5.74) is 1.51. The molecule has 0 radical (unpaired) electrons. The molecule has 0 aliphatic rings. The molecule has 0 amide bonds. The van der Waals surface area contributed by atoms with Gasteiger partial charge in [0.25, 0.3) is 0 Å². The minimum absolute atomic E-state index is 1.18. The highest BCUT2D eigenvalue weighted by molar-refractivity contribution is 7.13. The Morgan fingerprint density at radius 2 is 2.11 bits per heavy atom. The monoisotopic (exact) mass is 138 g/mol. The van der Waals surface area contributed by atoms with Crippen molar-refractivity contribution in [2.45, 2.75) is 20.7 Å². The molecular formula is C7H11BS. The van der Waals surface area contributed by atoms with E-state index < -0.39 is 0 Å². The largest absolute Gasteiger partial charge is 0.156 e. The van der Waals surface area contributed by atoms with Crippen molar-refractivity contribution in [1.29, 1.82) is 0 Å². The predicted molar refractivity (Wildman–Crippen MR) is 46.4 cm³/mol. The summed E-state index contributed by atoms with van der Waals surface area (Å²) in [7, 11) is 1.18. The van der Waals surface area contributed by atoms with Gasteiger partial charge in [0.2, 0.25) is 0 Å². The SMILES string of the molecule is CBc1cc(C)sc1C. The highest BCUT2D eigenvalue weighted by Crippen LogP contribution is 2.10. The highest BCUT2D eigenvalue weighted by atomic mass is 32.1. The van der Waals surface area contributed by atoms with Gasteiger partial charge >= 0.3 is 0 Å². The molecule has 48 valence electrons. The third-order valence-electron chi connectivity index (χ3n) is 1.52. The fraction of sp³-hybridized carbons (Fsp3) is 0.429. The normalized spacial score (nSPS) is 9.67. The van der Waals surface area contributed by atoms with Gasteiger partial charge in [0.1, 0.15) is 0 Å². The summed E-state index contributed by atoms with van der Waals surface area (Å²) in [6.45, 7) is 6.56. The van der Waals surface area contributed by atoms with Crippen LogP contribution in [0.3, 0.4) is 0 Å². The predicted octanol–water partition coefficient (Wildman–Crippen LogP) is 1.47. The summed E-state index contributed by atoms with van der Waals surface area (Å²) in [5.74, 6) is 0. The Hall–Kier alpha value is -0.235. The Balaban J connectivity index is 3.01. The summed E-state index contributed by atoms with van der Waals surface area (Å²) in [6, 6.07) is 2.28. The van der Waals surface area contributed by atoms with Gasteiger partial charge in [0, 0.05) is 4.88 Å². The van der Waals surface area contributed by atoms with Crippen LogP contribution in [0.2, 0.25) is 6.82 Å². The first-order valence-electron chi connectivity index (χ1n) is 3.30. The zero-order chi connectivity index (χ0) is 6.85. The Morgan fingerprint density at radius 3 is 2.33 bits per heavy atom. The fourth-order valence-corrected chi connectivity index (χ4v) is 2.05. The fourth-order valence-electron chi connectivity index (χ4n) is 1.03. The molecule has 1 aromatic rings. The van der Waals surface area contributed by atoms with E-state index in [0.717, 1.165) is 0 Å². The van der Waals surface area contributed by atoms with Crippen molar-refractivity contribution < 1.29 is 0 Å². The van der Waals surface area contributed by atoms with Crippen LogP contribution in [0.4, 0.5) is 0 Å². The van der Waals surface area contributed by atoms with E-state index in [0.29, 0.717) is 0 Å². The summed E-state index contributed by atoms with van der Waals surface area (Å²) >= 11 is 1.89. The van der Waals surface area contributed by atoms with Gasteiger partial charge in [-0.1, -0.05) is 18.4 Å². The quantitative estimate of drug-likeness (QED) is 0.515. The van der Waals surface area contributed by atoms with Gasteiger partial charge in [-0.25, -0.2) is 0 Å². The molecule has 0 aliphatic heterocycles. The molecule has 0 bridgehead atoms. The number of hydrogen-bond acceptors (Lipinski definition) is 1. The van der Waals surface area contributed by atoms with Gasteiger partial charge in [-0.15, -0.1) is 11.3 Å². The van der Waals surface area contributed by atoms with E-state index in [4.69, 9.17) is 0 Å². The molecule has 1 rings (SSSR count). The average molecular weight is 138 g/mol. The highest BCUT2D eigenvalue weighted by Gasteiger charge is 1.98. The van der Waals surface area contributed by atoms with E-state index in [-0.39, 0.29) is 0 Å². The molecule has 0 N–H and O–H groups in total. The number of aryl methyl sites for hydroxylation is 2. The van der Waals surface area contributed by atoms with Crippen LogP contribution >= 0.6 is 11.3 Å². The third-order valence-corrected chi connectivity index (χ3v) is 2.53. The summed E-state index contributed by atoms with van der Waals surface area (Å²) in [6.07, 6.45) is 0. The maximum atomic E-state index is 2.28. The Morgan fingerprint density at radius 1 is 1.44 bits per heavy atom. The molecule has 0 nitrogen and oxygen atoms in total. The molecule has 1 aromatic heterocycles. The first-order chi connectivity index (χ1) is 4.24. The van der Waals surface area contributed by atoms with Crippen LogP contribution in [0, 0.1) is 13.8 Å². The van der Waals surface area contributed by atoms with Gasteiger partial charge in [-0.05, 0) is 18.7 Å². The lowest BCUT2D eigenvalue weighted by Crippen LogP contribution is -2.09. The maximum absolute atomic E-state index is 2.28. The smallest absolute Gasteiger partial charge is 0.147 e. The first kappa shape index (κ1) is 6.88. The summed E-state index contributed by atoms with van der Waals surface area (Å²) < 4.78 is 0. The second-order valence-electron chi connectivity index (χ2n) is 2.29. The van der Waals surface area contributed by atoms with Crippen LogP contribution in [0.15, 0.2) is 6.07 Å². The van der Waals surface area contributed by atoms with Crippen molar-refractivity contribution >= 4 is 24.1 Å².